The molecule has 0 spiro atoms. The number of amides is 2. The summed E-state index contributed by atoms with van der Waals surface area (Å²) in [4.78, 5) is 33.8. The third kappa shape index (κ3) is 6.01. The van der Waals surface area contributed by atoms with Crippen LogP contribution in [0.15, 0.2) is 0 Å². The number of anilines is 2. The van der Waals surface area contributed by atoms with Crippen molar-refractivity contribution in [1.29, 1.82) is 0 Å². The van der Waals surface area contributed by atoms with Crippen LogP contribution in [0.5, 0.6) is 0 Å². The Morgan fingerprint density at radius 3 is 1.41 bits per heavy atom. The molecule has 0 fully saturated rings. The Kier molecular flexibility index (Phi) is 12.1. The molecule has 2 amide bonds. The molecule has 0 bridgehead atoms. The molecule has 1 rings (SSSR count). The Balaban J connectivity index is 0. The van der Waals surface area contributed by atoms with E-state index in [4.69, 9.17) is 0 Å². The van der Waals surface area contributed by atoms with Crippen LogP contribution in [0, 0.1) is 10.7 Å². The van der Waals surface area contributed by atoms with E-state index in [9.17, 15) is 19.5 Å². The number of carboxylic acids is 1. The Morgan fingerprint density at radius 1 is 0.864 bits per heavy atom. The van der Waals surface area contributed by atoms with Gasteiger partial charge in [-0.15, -0.1) is 0 Å². The second kappa shape index (κ2) is 10.6. The zero-order valence-electron chi connectivity index (χ0n) is 11.8. The molecule has 0 heterocycles. The van der Waals surface area contributed by atoms with Gasteiger partial charge in [0.2, 0.25) is 11.8 Å². The van der Waals surface area contributed by atoms with Gasteiger partial charge in [-0.05, 0) is 67.8 Å². The molecule has 22 heavy (non-hydrogen) atoms. The first-order valence-corrected chi connectivity index (χ1v) is 8.37. The van der Waals surface area contributed by atoms with Crippen LogP contribution in [0.4, 0.5) is 11.4 Å². The molecule has 0 aliphatic heterocycles. The minimum atomic E-state index is -1.37. The Bertz CT molecular complexity index is 581. The van der Waals surface area contributed by atoms with Gasteiger partial charge in [0.15, 0.2) is 0 Å². The van der Waals surface area contributed by atoms with Crippen molar-refractivity contribution >= 4 is 96.9 Å². The van der Waals surface area contributed by atoms with Crippen molar-refractivity contribution in [2.24, 2.45) is 0 Å². The molecule has 4 N–H and O–H groups in total. The van der Waals surface area contributed by atoms with Crippen LogP contribution in [0.25, 0.3) is 0 Å². The van der Waals surface area contributed by atoms with Gasteiger partial charge in [0.05, 0.1) is 20.9 Å². The van der Waals surface area contributed by atoms with Gasteiger partial charge in [-0.3, -0.25) is 9.59 Å². The number of carboxylic acid groups (broad SMARTS) is 1. The number of nitrogens with one attached hydrogen (secondary N) is 2. The number of benzene rings is 1. The summed E-state index contributed by atoms with van der Waals surface area (Å²) in [6, 6.07) is 0. The van der Waals surface area contributed by atoms with E-state index >= 15 is 0 Å². The normalized spacial score (nSPS) is 9.14. The maximum Gasteiger partial charge on any atom is 1.00 e. The minimum absolute atomic E-state index is 0. The van der Waals surface area contributed by atoms with E-state index < -0.39 is 5.97 Å². The maximum atomic E-state index is 11.3. The van der Waals surface area contributed by atoms with Gasteiger partial charge >= 0.3 is 29.6 Å². The van der Waals surface area contributed by atoms with Gasteiger partial charge in [-0.25, -0.2) is 0 Å². The summed E-state index contributed by atoms with van der Waals surface area (Å²) in [5.74, 6) is -2.03. The van der Waals surface area contributed by atoms with Gasteiger partial charge in [0, 0.05) is 26.6 Å². The molecule has 0 aromatic heterocycles. The first-order valence-electron chi connectivity index (χ1n) is 5.13. The molecule has 7 nitrogen and oxygen atoms in total. The third-order valence-electron chi connectivity index (χ3n) is 2.12. The summed E-state index contributed by atoms with van der Waals surface area (Å²) in [5.41, 5.74) is 0.642. The topological polar surface area (TPSA) is 130 Å². The number of carbonyl (C=O) groups excluding carboxylic acids is 3. The van der Waals surface area contributed by atoms with Crippen LogP contribution < -0.4 is 45.3 Å². The number of halogens is 3. The fourth-order valence-electron chi connectivity index (χ4n) is 1.41. The second-order valence-electron chi connectivity index (χ2n) is 3.72. The van der Waals surface area contributed by atoms with Crippen LogP contribution in [0.3, 0.4) is 0 Å². The molecular formula is C11H10I3N2NaO5. The standard InChI is InChI=1S/C11H9I3N2O4.Na.H2O/c1-3(17)15-9-6(12)5(11(19)20)7(13)10(8(9)14)16-4(2)18;;/h1-2H3,(H,15,17)(H,16,18)(H,19,20);;1H2/q;+1;/p-1. The molecule has 0 aliphatic rings. The van der Waals surface area contributed by atoms with E-state index in [0.717, 1.165) is 0 Å². The van der Waals surface area contributed by atoms with Gasteiger partial charge in [0.25, 0.3) is 0 Å². The van der Waals surface area contributed by atoms with E-state index in [1.165, 1.54) is 13.8 Å². The third-order valence-corrected chi connectivity index (χ3v) is 5.36. The van der Waals surface area contributed by atoms with E-state index in [-0.39, 0.29) is 52.4 Å². The van der Waals surface area contributed by atoms with Crippen molar-refractivity contribution in [3.63, 3.8) is 0 Å². The van der Waals surface area contributed by atoms with Gasteiger partial charge in [-0.2, -0.15) is 0 Å². The number of aromatic carboxylic acids is 1. The minimum Gasteiger partial charge on any atom is -0.545 e. The quantitative estimate of drug-likeness (QED) is 0.288. The van der Waals surface area contributed by atoms with Crippen molar-refractivity contribution in [2.75, 3.05) is 10.6 Å². The first-order chi connectivity index (χ1) is 9.16. The van der Waals surface area contributed by atoms with E-state index in [2.05, 4.69) is 10.6 Å². The van der Waals surface area contributed by atoms with Gasteiger partial charge in [0.1, 0.15) is 0 Å². The summed E-state index contributed by atoms with van der Waals surface area (Å²) in [6.07, 6.45) is 0. The summed E-state index contributed by atoms with van der Waals surface area (Å²) in [6.45, 7) is 2.64. The van der Waals surface area contributed by atoms with Gasteiger partial charge in [-0.1, -0.05) is 0 Å². The summed E-state index contributed by atoms with van der Waals surface area (Å²) < 4.78 is 1.29. The zero-order valence-corrected chi connectivity index (χ0v) is 20.2. The fraction of sp³-hybridized carbons (Fsp3) is 0.182. The van der Waals surface area contributed by atoms with Crippen molar-refractivity contribution < 1.29 is 54.5 Å². The number of hydrogen-bond donors (Lipinski definition) is 2. The second-order valence-corrected chi connectivity index (χ2v) is 6.95. The van der Waals surface area contributed by atoms with Crippen molar-refractivity contribution in [2.45, 2.75) is 13.8 Å². The monoisotopic (exact) mass is 654 g/mol. The van der Waals surface area contributed by atoms with Gasteiger partial charge < -0.3 is 26.0 Å². The number of carbonyl (C=O) groups is 3. The molecule has 0 radical (unpaired) electrons. The van der Waals surface area contributed by atoms with Crippen LogP contribution in [-0.4, -0.2) is 23.3 Å². The van der Waals surface area contributed by atoms with Crippen molar-refractivity contribution in [1.82, 2.24) is 0 Å². The van der Waals surface area contributed by atoms with Crippen LogP contribution in [0.1, 0.15) is 24.2 Å². The largest absolute Gasteiger partial charge is 1.00 e. The Labute approximate surface area is 189 Å². The Hall–Kier alpha value is 0.780. The predicted octanol–water partition coefficient (Wildman–Crippen LogP) is -2.04. The average Bonchev–Trinajstić information content (AvgIpc) is 2.29. The van der Waals surface area contributed by atoms with Crippen LogP contribution >= 0.6 is 67.8 Å². The smallest absolute Gasteiger partial charge is 0.545 e. The van der Waals surface area contributed by atoms with Crippen LogP contribution in [-0.2, 0) is 9.59 Å². The number of rotatable bonds is 3. The van der Waals surface area contributed by atoms with Crippen LogP contribution in [0.2, 0.25) is 0 Å². The molecule has 11 heteroatoms. The SMILES string of the molecule is CC(=O)Nc1c(I)c(NC(C)=O)c(I)c(C(=O)[O-])c1I.O.[Na+]. The molecular weight excluding hydrogens is 644 g/mol. The summed E-state index contributed by atoms with van der Waals surface area (Å²) in [5, 5.41) is 16.4. The van der Waals surface area contributed by atoms with Crippen molar-refractivity contribution in [3.05, 3.63) is 16.3 Å². The Morgan fingerprint density at radius 2 is 1.18 bits per heavy atom. The fourth-order valence-corrected chi connectivity index (χ4v) is 5.56. The predicted molar refractivity (Wildman–Crippen MR) is 101 cm³/mol. The summed E-state index contributed by atoms with van der Waals surface area (Å²) >= 11 is 5.61. The van der Waals surface area contributed by atoms with E-state index in [0.29, 0.717) is 22.1 Å². The first kappa shape index (κ1) is 25.0. The molecule has 116 valence electrons. The zero-order chi connectivity index (χ0) is 15.6. The average molecular weight is 654 g/mol. The molecule has 1 aromatic rings. The molecule has 0 saturated carbocycles. The molecule has 0 unspecified atom stereocenters. The number of hydrogen-bond acceptors (Lipinski definition) is 4. The van der Waals surface area contributed by atoms with Crippen molar-refractivity contribution in [3.8, 4) is 0 Å². The summed E-state index contributed by atoms with van der Waals surface area (Å²) in [7, 11) is 0. The van der Waals surface area contributed by atoms with E-state index in [1.807, 2.05) is 67.8 Å². The molecule has 0 atom stereocenters. The molecule has 0 saturated heterocycles. The van der Waals surface area contributed by atoms with E-state index in [1.54, 1.807) is 0 Å². The molecule has 0 aliphatic carbocycles. The maximum absolute atomic E-state index is 11.3. The molecule has 1 aromatic carbocycles.